The predicted molar refractivity (Wildman–Crippen MR) is 44.4 cm³/mol. The molecule has 0 aromatic carbocycles. The van der Waals surface area contributed by atoms with Gasteiger partial charge in [-0.1, -0.05) is 0 Å². The van der Waals surface area contributed by atoms with Crippen LogP contribution in [0, 0.1) is 11.5 Å². The van der Waals surface area contributed by atoms with Gasteiger partial charge in [0, 0.05) is 12.4 Å². The minimum absolute atomic E-state index is 0.0709. The molecule has 66 valence electrons. The van der Waals surface area contributed by atoms with Gasteiger partial charge in [0.1, 0.15) is 0 Å². The quantitative estimate of drug-likeness (QED) is 0.614. The highest BCUT2D eigenvalue weighted by molar-refractivity contribution is 5.78. The van der Waals surface area contributed by atoms with Crippen LogP contribution in [0.3, 0.4) is 0 Å². The number of aromatic amines is 1. The molecule has 0 saturated carbocycles. The average molecular weight is 176 g/mol. The normalized spacial score (nSPS) is 21.3. The van der Waals surface area contributed by atoms with Gasteiger partial charge in [0.15, 0.2) is 6.19 Å². The fourth-order valence-electron chi connectivity index (χ4n) is 1.37. The first-order valence-electron chi connectivity index (χ1n) is 3.91. The number of amides is 2. The van der Waals surface area contributed by atoms with Crippen molar-refractivity contribution in [2.75, 3.05) is 6.54 Å². The van der Waals surface area contributed by atoms with E-state index >= 15 is 0 Å². The number of hydrogen-bond acceptors (Lipinski definition) is 2. The first-order valence-corrected chi connectivity index (χ1v) is 3.91. The minimum atomic E-state index is -0.325. The second-order valence-electron chi connectivity index (χ2n) is 2.86. The van der Waals surface area contributed by atoms with Crippen LogP contribution in [0.1, 0.15) is 11.6 Å². The Kier molecular flexibility index (Phi) is 1.67. The van der Waals surface area contributed by atoms with Crippen molar-refractivity contribution in [2.24, 2.45) is 0 Å². The van der Waals surface area contributed by atoms with E-state index in [1.807, 2.05) is 18.5 Å². The van der Waals surface area contributed by atoms with Crippen LogP contribution in [0.5, 0.6) is 0 Å². The molecular weight excluding hydrogens is 168 g/mol. The Bertz CT molecular complexity index is 351. The van der Waals surface area contributed by atoms with Crippen LogP contribution in [0.2, 0.25) is 0 Å². The van der Waals surface area contributed by atoms with Crippen molar-refractivity contribution in [3.63, 3.8) is 0 Å². The summed E-state index contributed by atoms with van der Waals surface area (Å²) < 4.78 is 0. The number of carbonyl (C=O) groups is 1. The Balaban J connectivity index is 2.15. The molecule has 2 amide bonds. The predicted octanol–water partition coefficient (Wildman–Crippen LogP) is 0.562. The fraction of sp³-hybridized carbons (Fsp3) is 0.250. The second-order valence-corrected chi connectivity index (χ2v) is 2.86. The zero-order valence-electron chi connectivity index (χ0n) is 6.82. The van der Waals surface area contributed by atoms with Gasteiger partial charge in [0.25, 0.3) is 0 Å². The third-order valence-corrected chi connectivity index (χ3v) is 2.05. The Labute approximate surface area is 75.0 Å². The van der Waals surface area contributed by atoms with Crippen LogP contribution < -0.4 is 5.32 Å². The minimum Gasteiger partial charge on any atom is -0.367 e. The van der Waals surface area contributed by atoms with E-state index in [1.165, 1.54) is 0 Å². The van der Waals surface area contributed by atoms with Crippen LogP contribution in [0.15, 0.2) is 18.5 Å². The van der Waals surface area contributed by atoms with Crippen LogP contribution in [-0.4, -0.2) is 22.5 Å². The van der Waals surface area contributed by atoms with Gasteiger partial charge < -0.3 is 10.3 Å². The summed E-state index contributed by atoms with van der Waals surface area (Å²) in [7, 11) is 0. The van der Waals surface area contributed by atoms with E-state index in [0.717, 1.165) is 10.5 Å². The summed E-state index contributed by atoms with van der Waals surface area (Å²) in [6.45, 7) is 0.410. The number of nitrogens with zero attached hydrogens (tertiary/aromatic N) is 2. The molecule has 13 heavy (non-hydrogen) atoms. The maximum atomic E-state index is 11.1. The number of aromatic nitrogens is 1. The third kappa shape index (κ3) is 1.22. The molecule has 1 atom stereocenters. The van der Waals surface area contributed by atoms with Gasteiger partial charge in [-0.25, -0.2) is 9.69 Å². The van der Waals surface area contributed by atoms with Gasteiger partial charge in [-0.15, -0.1) is 0 Å². The van der Waals surface area contributed by atoms with Gasteiger partial charge in [-0.2, -0.15) is 5.26 Å². The van der Waals surface area contributed by atoms with Crippen molar-refractivity contribution in [2.45, 2.75) is 6.04 Å². The smallest absolute Gasteiger partial charge is 0.331 e. The van der Waals surface area contributed by atoms with Gasteiger partial charge in [0.05, 0.1) is 12.6 Å². The van der Waals surface area contributed by atoms with Crippen molar-refractivity contribution >= 4 is 6.03 Å². The highest BCUT2D eigenvalue weighted by Gasteiger charge is 2.29. The second kappa shape index (κ2) is 2.83. The lowest BCUT2D eigenvalue weighted by molar-refractivity contribution is 0.232. The van der Waals surface area contributed by atoms with Crippen molar-refractivity contribution in [3.05, 3.63) is 24.0 Å². The van der Waals surface area contributed by atoms with Crippen LogP contribution >= 0.6 is 0 Å². The Morgan fingerprint density at radius 3 is 3.08 bits per heavy atom. The SMILES string of the molecule is N#CN1CC(c2cc[nH]c2)NC1=O. The largest absolute Gasteiger partial charge is 0.367 e. The van der Waals surface area contributed by atoms with Gasteiger partial charge in [-0.05, 0) is 11.6 Å². The van der Waals surface area contributed by atoms with Gasteiger partial charge in [-0.3, -0.25) is 0 Å². The van der Waals surface area contributed by atoms with E-state index in [4.69, 9.17) is 5.26 Å². The summed E-state index contributed by atoms with van der Waals surface area (Å²) >= 11 is 0. The van der Waals surface area contributed by atoms with Crippen molar-refractivity contribution < 1.29 is 4.79 Å². The van der Waals surface area contributed by atoms with E-state index in [0.29, 0.717) is 6.54 Å². The number of hydrogen-bond donors (Lipinski definition) is 2. The Hall–Kier alpha value is -1.96. The maximum absolute atomic E-state index is 11.1. The number of nitrogens with one attached hydrogen (secondary N) is 2. The zero-order chi connectivity index (χ0) is 9.26. The summed E-state index contributed by atoms with van der Waals surface area (Å²) in [5, 5.41) is 11.3. The lowest BCUT2D eigenvalue weighted by Gasteiger charge is -2.04. The van der Waals surface area contributed by atoms with Gasteiger partial charge >= 0.3 is 6.03 Å². The molecule has 2 N–H and O–H groups in total. The molecule has 1 fully saturated rings. The zero-order valence-corrected chi connectivity index (χ0v) is 6.82. The summed E-state index contributed by atoms with van der Waals surface area (Å²) in [5.41, 5.74) is 0.992. The summed E-state index contributed by atoms with van der Waals surface area (Å²) in [5.74, 6) is 0. The lowest BCUT2D eigenvalue weighted by Crippen LogP contribution is -2.23. The lowest BCUT2D eigenvalue weighted by atomic mass is 10.2. The molecule has 1 unspecified atom stereocenters. The first-order chi connectivity index (χ1) is 6.31. The molecule has 5 heteroatoms. The first kappa shape index (κ1) is 7.68. The molecule has 1 aromatic heterocycles. The monoisotopic (exact) mass is 176 g/mol. The summed E-state index contributed by atoms with van der Waals surface area (Å²) in [6.07, 6.45) is 5.42. The number of urea groups is 1. The fourth-order valence-corrected chi connectivity index (χ4v) is 1.37. The van der Waals surface area contributed by atoms with E-state index in [-0.39, 0.29) is 12.1 Å². The molecule has 0 bridgehead atoms. The van der Waals surface area contributed by atoms with E-state index in [2.05, 4.69) is 10.3 Å². The molecular formula is C8H8N4O. The average Bonchev–Trinajstić information content (AvgIpc) is 2.71. The third-order valence-electron chi connectivity index (χ3n) is 2.05. The maximum Gasteiger partial charge on any atom is 0.331 e. The van der Waals surface area contributed by atoms with E-state index in [9.17, 15) is 4.79 Å². The summed E-state index contributed by atoms with van der Waals surface area (Å²) in [6, 6.07) is 1.48. The number of carbonyl (C=O) groups excluding carboxylic acids is 1. The van der Waals surface area contributed by atoms with Crippen LogP contribution in [-0.2, 0) is 0 Å². The number of H-pyrrole nitrogens is 1. The van der Waals surface area contributed by atoms with Crippen molar-refractivity contribution in [1.29, 1.82) is 5.26 Å². The van der Waals surface area contributed by atoms with Crippen molar-refractivity contribution in [1.82, 2.24) is 15.2 Å². The number of nitriles is 1. The molecule has 1 aromatic rings. The van der Waals surface area contributed by atoms with E-state index < -0.39 is 0 Å². The Morgan fingerprint density at radius 2 is 2.54 bits per heavy atom. The number of rotatable bonds is 1. The molecule has 2 rings (SSSR count). The van der Waals surface area contributed by atoms with Gasteiger partial charge in [0.2, 0.25) is 0 Å². The molecule has 0 radical (unpaired) electrons. The molecule has 1 saturated heterocycles. The molecule has 1 aliphatic rings. The molecule has 2 heterocycles. The molecule has 5 nitrogen and oxygen atoms in total. The van der Waals surface area contributed by atoms with E-state index in [1.54, 1.807) is 6.20 Å². The topological polar surface area (TPSA) is 71.9 Å². The Morgan fingerprint density at radius 1 is 1.69 bits per heavy atom. The van der Waals surface area contributed by atoms with Crippen LogP contribution in [0.4, 0.5) is 4.79 Å². The molecule has 1 aliphatic heterocycles. The highest BCUT2D eigenvalue weighted by atomic mass is 16.2. The standard InChI is InChI=1S/C8H8N4O/c9-5-12-4-7(11-8(12)13)6-1-2-10-3-6/h1-3,7,10H,4H2,(H,11,13). The summed E-state index contributed by atoms with van der Waals surface area (Å²) in [4.78, 5) is 15.1. The van der Waals surface area contributed by atoms with Crippen molar-refractivity contribution in [3.8, 4) is 6.19 Å². The highest BCUT2D eigenvalue weighted by Crippen LogP contribution is 2.18. The molecule has 0 spiro atoms. The van der Waals surface area contributed by atoms with Crippen LogP contribution in [0.25, 0.3) is 0 Å². The molecule has 0 aliphatic carbocycles.